The van der Waals surface area contributed by atoms with Crippen molar-refractivity contribution < 1.29 is 12.9 Å². The molecule has 108 valence electrons. The summed E-state index contributed by atoms with van der Waals surface area (Å²) in [5, 5.41) is 3.83. The lowest BCUT2D eigenvalue weighted by atomic mass is 9.94. The van der Waals surface area contributed by atoms with Gasteiger partial charge in [-0.2, -0.15) is 4.98 Å². The molecule has 0 saturated heterocycles. The summed E-state index contributed by atoms with van der Waals surface area (Å²) in [5.74, 6) is 2.04. The minimum absolute atomic E-state index is 0.113. The van der Waals surface area contributed by atoms with Crippen LogP contribution in [0.25, 0.3) is 0 Å². The van der Waals surface area contributed by atoms with Crippen LogP contribution in [-0.2, 0) is 15.8 Å². The number of fused-ring (bicyclic) bond motifs is 2. The van der Waals surface area contributed by atoms with Crippen LogP contribution in [0.4, 0.5) is 0 Å². The van der Waals surface area contributed by atoms with Gasteiger partial charge in [0.05, 0.1) is 0 Å². The normalized spacial score (nSPS) is 32.1. The van der Waals surface area contributed by atoms with Gasteiger partial charge in [0.25, 0.3) is 0 Å². The minimum atomic E-state index is -3.34. The topological polar surface area (TPSA) is 85.1 Å². The van der Waals surface area contributed by atoms with Crippen molar-refractivity contribution in [3.8, 4) is 0 Å². The second-order valence-corrected chi connectivity index (χ2v) is 7.84. The van der Waals surface area contributed by atoms with E-state index in [0.717, 1.165) is 25.7 Å². The number of rotatable bonds is 5. The van der Waals surface area contributed by atoms with Crippen LogP contribution in [-0.4, -0.2) is 24.6 Å². The second kappa shape index (κ2) is 4.39. The Labute approximate surface area is 117 Å². The van der Waals surface area contributed by atoms with Gasteiger partial charge in [-0.15, -0.1) is 0 Å². The lowest BCUT2D eigenvalue weighted by molar-refractivity contribution is 0.334. The smallest absolute Gasteiger partial charge is 0.230 e. The van der Waals surface area contributed by atoms with Crippen LogP contribution in [0.3, 0.4) is 0 Å². The number of aromatic nitrogens is 2. The van der Waals surface area contributed by atoms with E-state index in [2.05, 4.69) is 27.0 Å². The van der Waals surface area contributed by atoms with Crippen molar-refractivity contribution in [1.82, 2.24) is 14.9 Å². The summed E-state index contributed by atoms with van der Waals surface area (Å²) >= 11 is 0. The van der Waals surface area contributed by atoms with Gasteiger partial charge in [0.2, 0.25) is 15.9 Å². The predicted octanol–water partition coefficient (Wildman–Crippen LogP) is 1.33. The monoisotopic (exact) mass is 295 g/mol. The Morgan fingerprint density at radius 1 is 1.30 bits per heavy atom. The lowest BCUT2D eigenvalue weighted by Gasteiger charge is -2.12. The number of nitrogens with one attached hydrogen (secondary N) is 1. The van der Waals surface area contributed by atoms with Crippen LogP contribution in [0.5, 0.6) is 0 Å². The molecule has 0 amide bonds. The van der Waals surface area contributed by atoms with Gasteiger partial charge in [0, 0.05) is 12.0 Å². The van der Waals surface area contributed by atoms with Gasteiger partial charge < -0.3 is 4.52 Å². The molecule has 2 fully saturated rings. The molecule has 3 aliphatic rings. The molecule has 2 saturated carbocycles. The zero-order chi connectivity index (χ0) is 13.7. The molecule has 1 heterocycles. The fourth-order valence-corrected chi connectivity index (χ4v) is 4.49. The van der Waals surface area contributed by atoms with E-state index < -0.39 is 10.0 Å². The van der Waals surface area contributed by atoms with Crippen molar-refractivity contribution in [2.45, 2.75) is 43.4 Å². The molecule has 20 heavy (non-hydrogen) atoms. The molecule has 1 aromatic rings. The molecule has 0 aliphatic heterocycles. The zero-order valence-electron chi connectivity index (χ0n) is 11.0. The van der Waals surface area contributed by atoms with E-state index in [9.17, 15) is 8.42 Å². The fourth-order valence-electron chi connectivity index (χ4n) is 3.21. The Bertz CT molecular complexity index is 648. The lowest BCUT2D eigenvalue weighted by Crippen LogP contribution is -2.27. The van der Waals surface area contributed by atoms with E-state index in [1.807, 2.05) is 0 Å². The number of allylic oxidation sites excluding steroid dienone is 2. The maximum atomic E-state index is 11.9. The van der Waals surface area contributed by atoms with E-state index in [-0.39, 0.29) is 23.5 Å². The molecular weight excluding hydrogens is 278 g/mol. The van der Waals surface area contributed by atoms with Gasteiger partial charge in [0.1, 0.15) is 5.75 Å². The van der Waals surface area contributed by atoms with E-state index >= 15 is 0 Å². The molecule has 4 rings (SSSR count). The Hall–Kier alpha value is -1.21. The molecule has 3 atom stereocenters. The Morgan fingerprint density at radius 3 is 2.80 bits per heavy atom. The van der Waals surface area contributed by atoms with E-state index in [0.29, 0.717) is 17.7 Å². The largest absolute Gasteiger partial charge is 0.339 e. The molecule has 2 bridgehead atoms. The Morgan fingerprint density at radius 2 is 2.15 bits per heavy atom. The van der Waals surface area contributed by atoms with Gasteiger partial charge >= 0.3 is 0 Å². The first-order valence-electron chi connectivity index (χ1n) is 7.10. The first-order chi connectivity index (χ1) is 9.59. The molecule has 1 N–H and O–H groups in total. The average Bonchev–Trinajstić information content (AvgIpc) is 2.83. The summed E-state index contributed by atoms with van der Waals surface area (Å²) in [6, 6.07) is 0.113. The van der Waals surface area contributed by atoms with Gasteiger partial charge in [-0.25, -0.2) is 13.1 Å². The summed E-state index contributed by atoms with van der Waals surface area (Å²) in [4.78, 5) is 4.29. The molecular formula is C13H17N3O3S. The van der Waals surface area contributed by atoms with Crippen LogP contribution in [0, 0.1) is 11.8 Å². The van der Waals surface area contributed by atoms with E-state index in [1.165, 1.54) is 0 Å². The summed E-state index contributed by atoms with van der Waals surface area (Å²) in [5.41, 5.74) is 0. The number of nitrogens with zero attached hydrogens (tertiary/aromatic N) is 2. The highest BCUT2D eigenvalue weighted by Crippen LogP contribution is 2.48. The Kier molecular flexibility index (Phi) is 2.75. The van der Waals surface area contributed by atoms with Crippen molar-refractivity contribution in [3.63, 3.8) is 0 Å². The number of hydrogen-bond acceptors (Lipinski definition) is 5. The quantitative estimate of drug-likeness (QED) is 0.828. The first kappa shape index (κ1) is 12.5. The standard InChI is InChI=1S/C13H17N3O3S/c17-20(18,16-10-3-4-10)7-12-14-13(19-15-12)11-6-8-1-2-9(11)5-8/h1-2,8-11,16H,3-7H2. The van der Waals surface area contributed by atoms with Crippen molar-refractivity contribution in [3.05, 3.63) is 23.9 Å². The summed E-state index contributed by atoms with van der Waals surface area (Å²) in [6.45, 7) is 0. The molecule has 1 aromatic heterocycles. The molecule has 7 heteroatoms. The van der Waals surface area contributed by atoms with Gasteiger partial charge in [0.15, 0.2) is 5.82 Å². The molecule has 3 unspecified atom stereocenters. The zero-order valence-corrected chi connectivity index (χ0v) is 11.8. The van der Waals surface area contributed by atoms with Crippen molar-refractivity contribution in [2.24, 2.45) is 11.8 Å². The highest BCUT2D eigenvalue weighted by Gasteiger charge is 2.39. The molecule has 0 aromatic carbocycles. The van der Waals surface area contributed by atoms with Crippen LogP contribution < -0.4 is 4.72 Å². The molecule has 3 aliphatic carbocycles. The minimum Gasteiger partial charge on any atom is -0.339 e. The van der Waals surface area contributed by atoms with Crippen LogP contribution in [0.2, 0.25) is 0 Å². The highest BCUT2D eigenvalue weighted by molar-refractivity contribution is 7.88. The average molecular weight is 295 g/mol. The van der Waals surface area contributed by atoms with Crippen LogP contribution >= 0.6 is 0 Å². The maximum Gasteiger partial charge on any atom is 0.230 e. The molecule has 6 nitrogen and oxygen atoms in total. The van der Waals surface area contributed by atoms with Crippen molar-refractivity contribution in [1.29, 1.82) is 0 Å². The maximum absolute atomic E-state index is 11.9. The fraction of sp³-hybridized carbons (Fsp3) is 0.692. The van der Waals surface area contributed by atoms with Crippen LogP contribution in [0.15, 0.2) is 16.7 Å². The van der Waals surface area contributed by atoms with Crippen LogP contribution in [0.1, 0.15) is 43.3 Å². The van der Waals surface area contributed by atoms with E-state index in [1.54, 1.807) is 0 Å². The summed E-state index contributed by atoms with van der Waals surface area (Å²) in [7, 11) is -3.34. The first-order valence-corrected chi connectivity index (χ1v) is 8.75. The summed E-state index contributed by atoms with van der Waals surface area (Å²) < 4.78 is 31.6. The van der Waals surface area contributed by atoms with Crippen molar-refractivity contribution in [2.75, 3.05) is 0 Å². The third kappa shape index (κ3) is 2.40. The highest BCUT2D eigenvalue weighted by atomic mass is 32.2. The molecule has 0 spiro atoms. The van der Waals surface area contributed by atoms with E-state index in [4.69, 9.17) is 4.52 Å². The van der Waals surface area contributed by atoms with Gasteiger partial charge in [-0.05, 0) is 37.5 Å². The number of hydrogen-bond donors (Lipinski definition) is 1. The second-order valence-electron chi connectivity index (χ2n) is 6.09. The predicted molar refractivity (Wildman–Crippen MR) is 71.2 cm³/mol. The number of sulfonamides is 1. The van der Waals surface area contributed by atoms with Crippen molar-refractivity contribution >= 4 is 10.0 Å². The SMILES string of the molecule is O=S(=O)(Cc1noc(C2CC3C=CC2C3)n1)NC1CC1. The van der Waals surface area contributed by atoms with Gasteiger partial charge in [-0.1, -0.05) is 17.3 Å². The third-order valence-electron chi connectivity index (χ3n) is 4.32. The molecule has 0 radical (unpaired) electrons. The summed E-state index contributed by atoms with van der Waals surface area (Å²) in [6.07, 6.45) is 8.51. The third-order valence-corrected chi connectivity index (χ3v) is 5.65. The Balaban J connectivity index is 1.46. The van der Waals surface area contributed by atoms with Gasteiger partial charge in [-0.3, -0.25) is 0 Å².